The molecule has 0 radical (unpaired) electrons. The lowest BCUT2D eigenvalue weighted by Crippen LogP contribution is -2.37. The zero-order chi connectivity index (χ0) is 10.2. The van der Waals surface area contributed by atoms with Crippen molar-refractivity contribution < 1.29 is 8.42 Å². The quantitative estimate of drug-likeness (QED) is 0.630. The monoisotopic (exact) mass is 238 g/mol. The maximum Gasteiger partial charge on any atom is 0.299 e. The molecule has 4 nitrogen and oxygen atoms in total. The molecule has 0 amide bonds. The first-order valence-corrected chi connectivity index (χ1v) is 7.28. The van der Waals surface area contributed by atoms with Gasteiger partial charge in [0.1, 0.15) is 0 Å². The molecule has 1 atom stereocenters. The zero-order valence-electron chi connectivity index (χ0n) is 8.02. The van der Waals surface area contributed by atoms with Gasteiger partial charge in [0, 0.05) is 29.8 Å². The molecule has 2 saturated heterocycles. The van der Waals surface area contributed by atoms with E-state index in [0.717, 1.165) is 25.9 Å². The van der Waals surface area contributed by atoms with E-state index in [1.807, 2.05) is 0 Å². The summed E-state index contributed by atoms with van der Waals surface area (Å²) in [5.74, 6) is 0. The number of nitrogens with zero attached hydrogens (tertiary/aromatic N) is 2. The Morgan fingerprint density at radius 1 is 1.14 bits per heavy atom. The third kappa shape index (κ3) is 2.21. The standard InChI is InChI=1S/C8H15ClN2O2S/c9-14(12,13)11-6-2-5-10-4-1-3-8(10)7-11/h8H,1-7H2. The van der Waals surface area contributed by atoms with Crippen molar-refractivity contribution in [2.75, 3.05) is 26.2 Å². The fourth-order valence-corrected chi connectivity index (χ4v) is 3.44. The highest BCUT2D eigenvalue weighted by Gasteiger charge is 2.32. The van der Waals surface area contributed by atoms with Gasteiger partial charge >= 0.3 is 0 Å². The van der Waals surface area contributed by atoms with E-state index in [4.69, 9.17) is 10.7 Å². The molecule has 2 fully saturated rings. The Bertz CT molecular complexity index is 306. The van der Waals surface area contributed by atoms with Gasteiger partial charge in [-0.2, -0.15) is 12.7 Å². The minimum absolute atomic E-state index is 0.394. The van der Waals surface area contributed by atoms with Crippen molar-refractivity contribution in [2.24, 2.45) is 0 Å². The van der Waals surface area contributed by atoms with Gasteiger partial charge in [-0.3, -0.25) is 4.90 Å². The molecular formula is C8H15ClN2O2S. The summed E-state index contributed by atoms with van der Waals surface area (Å²) in [5.41, 5.74) is 0. The average molecular weight is 239 g/mol. The molecular weight excluding hydrogens is 224 g/mol. The molecule has 0 aromatic rings. The lowest BCUT2D eigenvalue weighted by Gasteiger charge is -2.23. The van der Waals surface area contributed by atoms with Crippen molar-refractivity contribution >= 4 is 19.9 Å². The van der Waals surface area contributed by atoms with E-state index in [1.54, 1.807) is 0 Å². The fraction of sp³-hybridized carbons (Fsp3) is 1.00. The van der Waals surface area contributed by atoms with E-state index in [1.165, 1.54) is 10.7 Å². The average Bonchev–Trinajstić information content (AvgIpc) is 2.41. The zero-order valence-corrected chi connectivity index (χ0v) is 9.60. The van der Waals surface area contributed by atoms with Crippen LogP contribution in [0.3, 0.4) is 0 Å². The number of hydrogen-bond acceptors (Lipinski definition) is 3. The molecule has 0 aliphatic carbocycles. The highest BCUT2D eigenvalue weighted by molar-refractivity contribution is 8.11. The van der Waals surface area contributed by atoms with Gasteiger partial charge in [0.2, 0.25) is 0 Å². The highest BCUT2D eigenvalue weighted by atomic mass is 35.7. The van der Waals surface area contributed by atoms with Crippen molar-refractivity contribution in [3.05, 3.63) is 0 Å². The van der Waals surface area contributed by atoms with E-state index in [9.17, 15) is 8.42 Å². The van der Waals surface area contributed by atoms with Crippen LogP contribution in [-0.4, -0.2) is 49.8 Å². The van der Waals surface area contributed by atoms with Crippen molar-refractivity contribution in [1.29, 1.82) is 0 Å². The Morgan fingerprint density at radius 2 is 1.86 bits per heavy atom. The van der Waals surface area contributed by atoms with Crippen molar-refractivity contribution in [2.45, 2.75) is 25.3 Å². The molecule has 0 aromatic heterocycles. The number of rotatable bonds is 1. The van der Waals surface area contributed by atoms with E-state index in [0.29, 0.717) is 19.1 Å². The predicted octanol–water partition coefficient (Wildman–Crippen LogP) is 0.640. The van der Waals surface area contributed by atoms with Gasteiger partial charge in [-0.25, -0.2) is 0 Å². The molecule has 0 bridgehead atoms. The third-order valence-electron chi connectivity index (χ3n) is 3.07. The molecule has 6 heteroatoms. The van der Waals surface area contributed by atoms with Crippen LogP contribution in [0.4, 0.5) is 0 Å². The van der Waals surface area contributed by atoms with Crippen LogP contribution in [0.5, 0.6) is 0 Å². The molecule has 0 aromatic carbocycles. The van der Waals surface area contributed by atoms with Gasteiger partial charge in [-0.1, -0.05) is 0 Å². The summed E-state index contributed by atoms with van der Waals surface area (Å²) in [5, 5.41) is 0. The predicted molar refractivity (Wildman–Crippen MR) is 55.6 cm³/mol. The minimum atomic E-state index is -3.51. The molecule has 0 N–H and O–H groups in total. The molecule has 1 unspecified atom stereocenters. The van der Waals surface area contributed by atoms with Gasteiger partial charge in [-0.05, 0) is 32.4 Å². The fourth-order valence-electron chi connectivity index (χ4n) is 2.37. The number of hydrogen-bond donors (Lipinski definition) is 0. The Morgan fingerprint density at radius 3 is 2.57 bits per heavy atom. The number of fused-ring (bicyclic) bond motifs is 1. The summed E-state index contributed by atoms with van der Waals surface area (Å²) in [7, 11) is 1.85. The molecule has 0 spiro atoms. The molecule has 2 heterocycles. The smallest absolute Gasteiger partial charge is 0.299 e. The van der Waals surface area contributed by atoms with Crippen LogP contribution in [0.25, 0.3) is 0 Å². The second kappa shape index (κ2) is 3.96. The summed E-state index contributed by atoms with van der Waals surface area (Å²) in [6, 6.07) is 0.394. The Balaban J connectivity index is 2.09. The van der Waals surface area contributed by atoms with E-state index in [2.05, 4.69) is 4.90 Å². The summed E-state index contributed by atoms with van der Waals surface area (Å²) in [4.78, 5) is 2.38. The molecule has 2 aliphatic rings. The van der Waals surface area contributed by atoms with Gasteiger partial charge < -0.3 is 0 Å². The summed E-state index contributed by atoms with van der Waals surface area (Å²) < 4.78 is 23.8. The van der Waals surface area contributed by atoms with Crippen molar-refractivity contribution in [1.82, 2.24) is 9.21 Å². The third-order valence-corrected chi connectivity index (χ3v) is 4.61. The summed E-state index contributed by atoms with van der Waals surface area (Å²) in [6.45, 7) is 3.26. The minimum Gasteiger partial charge on any atom is -0.299 e. The van der Waals surface area contributed by atoms with Crippen LogP contribution in [0.15, 0.2) is 0 Å². The molecule has 2 rings (SSSR count). The van der Waals surface area contributed by atoms with E-state index in [-0.39, 0.29) is 0 Å². The molecule has 82 valence electrons. The second-order valence-corrected chi connectivity index (χ2v) is 6.50. The molecule has 2 aliphatic heterocycles. The molecule has 14 heavy (non-hydrogen) atoms. The Labute approximate surface area is 89.4 Å². The van der Waals surface area contributed by atoms with Crippen LogP contribution in [0.2, 0.25) is 0 Å². The summed E-state index contributed by atoms with van der Waals surface area (Å²) >= 11 is 0. The van der Waals surface area contributed by atoms with E-state index < -0.39 is 9.24 Å². The second-order valence-electron chi connectivity index (χ2n) is 3.99. The van der Waals surface area contributed by atoms with Crippen LogP contribution in [0, 0.1) is 0 Å². The topological polar surface area (TPSA) is 40.6 Å². The van der Waals surface area contributed by atoms with Crippen LogP contribution in [0.1, 0.15) is 19.3 Å². The van der Waals surface area contributed by atoms with Gasteiger partial charge in [0.25, 0.3) is 9.24 Å². The lowest BCUT2D eigenvalue weighted by atomic mass is 10.2. The van der Waals surface area contributed by atoms with Crippen LogP contribution < -0.4 is 0 Å². The Hall–Kier alpha value is 0.160. The van der Waals surface area contributed by atoms with Crippen molar-refractivity contribution in [3.8, 4) is 0 Å². The van der Waals surface area contributed by atoms with Gasteiger partial charge in [0.05, 0.1) is 0 Å². The van der Waals surface area contributed by atoms with Crippen molar-refractivity contribution in [3.63, 3.8) is 0 Å². The highest BCUT2D eigenvalue weighted by Crippen LogP contribution is 2.23. The lowest BCUT2D eigenvalue weighted by molar-refractivity contribution is 0.258. The normalized spacial score (nSPS) is 31.4. The largest absolute Gasteiger partial charge is 0.299 e. The number of halogens is 1. The first-order chi connectivity index (χ1) is 6.57. The van der Waals surface area contributed by atoms with Crippen LogP contribution in [-0.2, 0) is 9.24 Å². The van der Waals surface area contributed by atoms with Gasteiger partial charge in [0.15, 0.2) is 0 Å². The maximum atomic E-state index is 11.2. The maximum absolute atomic E-state index is 11.2. The molecule has 0 saturated carbocycles. The first kappa shape index (κ1) is 10.7. The SMILES string of the molecule is O=S(=O)(Cl)N1CCCN2CCCC2C1. The van der Waals surface area contributed by atoms with E-state index >= 15 is 0 Å². The van der Waals surface area contributed by atoms with Crippen LogP contribution >= 0.6 is 10.7 Å². The summed E-state index contributed by atoms with van der Waals surface area (Å²) in [6.07, 6.45) is 3.17. The Kier molecular flexibility index (Phi) is 3.02. The first-order valence-electron chi connectivity index (χ1n) is 5.01. The van der Waals surface area contributed by atoms with Gasteiger partial charge in [-0.15, -0.1) is 0 Å².